The summed E-state index contributed by atoms with van der Waals surface area (Å²) in [4.78, 5) is 24.2. The number of esters is 1. The van der Waals surface area contributed by atoms with Crippen molar-refractivity contribution in [3.8, 4) is 5.75 Å². The molecule has 5 nitrogen and oxygen atoms in total. The minimum absolute atomic E-state index is 0.266. The second kappa shape index (κ2) is 8.04. The normalized spacial score (nSPS) is 11.5. The van der Waals surface area contributed by atoms with Crippen molar-refractivity contribution in [3.05, 3.63) is 58.1 Å². The quantitative estimate of drug-likeness (QED) is 0.804. The molecule has 0 unspecified atom stereocenters. The van der Waals surface area contributed by atoms with Crippen molar-refractivity contribution < 1.29 is 19.1 Å². The van der Waals surface area contributed by atoms with Crippen LogP contribution < -0.4 is 10.1 Å². The van der Waals surface area contributed by atoms with Gasteiger partial charge in [0.1, 0.15) is 5.75 Å². The van der Waals surface area contributed by atoms with Crippen molar-refractivity contribution in [2.45, 2.75) is 13.0 Å². The number of methoxy groups -OCH3 is 1. The average molecular weight is 368 g/mol. The van der Waals surface area contributed by atoms with Crippen LogP contribution in [0.2, 0.25) is 10.0 Å². The van der Waals surface area contributed by atoms with E-state index in [9.17, 15) is 9.59 Å². The zero-order valence-corrected chi connectivity index (χ0v) is 14.5. The Morgan fingerprint density at radius 3 is 2.46 bits per heavy atom. The highest BCUT2D eigenvalue weighted by atomic mass is 35.5. The van der Waals surface area contributed by atoms with Gasteiger partial charge in [0.2, 0.25) is 0 Å². The van der Waals surface area contributed by atoms with Crippen molar-refractivity contribution in [2.75, 3.05) is 12.4 Å². The molecule has 1 amide bonds. The van der Waals surface area contributed by atoms with Crippen LogP contribution in [0.5, 0.6) is 5.75 Å². The second-order valence-corrected chi connectivity index (χ2v) is 5.76. The molecular weight excluding hydrogens is 353 g/mol. The minimum atomic E-state index is -1.01. The van der Waals surface area contributed by atoms with Gasteiger partial charge in [-0.05, 0) is 43.3 Å². The first-order valence-corrected chi connectivity index (χ1v) is 7.77. The van der Waals surface area contributed by atoms with E-state index >= 15 is 0 Å². The van der Waals surface area contributed by atoms with Crippen molar-refractivity contribution in [2.24, 2.45) is 0 Å². The number of hydrogen-bond donors (Lipinski definition) is 1. The molecule has 0 radical (unpaired) electrons. The summed E-state index contributed by atoms with van der Waals surface area (Å²) < 4.78 is 10.3. The molecule has 7 heteroatoms. The van der Waals surface area contributed by atoms with E-state index in [2.05, 4.69) is 5.32 Å². The van der Waals surface area contributed by atoms with E-state index in [1.165, 1.54) is 20.1 Å². The van der Waals surface area contributed by atoms with Gasteiger partial charge in [0.05, 0.1) is 18.4 Å². The lowest BCUT2D eigenvalue weighted by Gasteiger charge is -2.15. The molecular formula is C17H15Cl2NO4. The van der Waals surface area contributed by atoms with Gasteiger partial charge in [-0.15, -0.1) is 0 Å². The van der Waals surface area contributed by atoms with Gasteiger partial charge in [0.15, 0.2) is 6.10 Å². The van der Waals surface area contributed by atoms with E-state index in [4.69, 9.17) is 32.7 Å². The third-order valence-corrected chi connectivity index (χ3v) is 3.60. The standard InChI is InChI=1S/C17H15Cl2NO4/c1-10(24-17(22)11-4-3-5-12(18)8-11)16(21)20-14-9-13(19)6-7-15(14)23-2/h3-10H,1-2H3,(H,20,21)/t10-/m1/s1. The summed E-state index contributed by atoms with van der Waals surface area (Å²) in [6.45, 7) is 1.47. The Labute approximate surface area is 149 Å². The SMILES string of the molecule is COc1ccc(Cl)cc1NC(=O)[C@@H](C)OC(=O)c1cccc(Cl)c1. The van der Waals surface area contributed by atoms with Gasteiger partial charge in [-0.25, -0.2) is 4.79 Å². The van der Waals surface area contributed by atoms with Gasteiger partial charge in [-0.2, -0.15) is 0 Å². The van der Waals surface area contributed by atoms with Gasteiger partial charge in [0, 0.05) is 10.0 Å². The minimum Gasteiger partial charge on any atom is -0.495 e. The highest BCUT2D eigenvalue weighted by Gasteiger charge is 2.20. The largest absolute Gasteiger partial charge is 0.495 e. The molecule has 0 fully saturated rings. The fraction of sp³-hybridized carbons (Fsp3) is 0.176. The molecule has 0 heterocycles. The topological polar surface area (TPSA) is 64.6 Å². The molecule has 0 spiro atoms. The first-order chi connectivity index (χ1) is 11.4. The number of benzene rings is 2. The van der Waals surface area contributed by atoms with Crippen molar-refractivity contribution in [1.29, 1.82) is 0 Å². The molecule has 1 atom stereocenters. The Kier molecular flexibility index (Phi) is 6.06. The smallest absolute Gasteiger partial charge is 0.338 e. The van der Waals surface area contributed by atoms with Crippen LogP contribution in [0.1, 0.15) is 17.3 Å². The number of nitrogens with one attached hydrogen (secondary N) is 1. The third kappa shape index (κ3) is 4.63. The van der Waals surface area contributed by atoms with Crippen LogP contribution in [-0.4, -0.2) is 25.1 Å². The summed E-state index contributed by atoms with van der Waals surface area (Å²) >= 11 is 11.7. The molecule has 0 bridgehead atoms. The average Bonchev–Trinajstić information content (AvgIpc) is 2.55. The van der Waals surface area contributed by atoms with Crippen LogP contribution in [-0.2, 0) is 9.53 Å². The predicted molar refractivity (Wildman–Crippen MR) is 93.0 cm³/mol. The molecule has 2 aromatic carbocycles. The number of amides is 1. The van der Waals surface area contributed by atoms with E-state index in [1.807, 2.05) is 0 Å². The lowest BCUT2D eigenvalue weighted by molar-refractivity contribution is -0.123. The lowest BCUT2D eigenvalue weighted by atomic mass is 10.2. The molecule has 0 aromatic heterocycles. The Balaban J connectivity index is 2.05. The molecule has 0 aliphatic carbocycles. The first-order valence-electron chi connectivity index (χ1n) is 7.01. The Bertz CT molecular complexity index is 764. The van der Waals surface area contributed by atoms with Gasteiger partial charge >= 0.3 is 5.97 Å². The molecule has 0 saturated heterocycles. The fourth-order valence-corrected chi connectivity index (χ4v) is 2.27. The number of hydrogen-bond acceptors (Lipinski definition) is 4. The summed E-state index contributed by atoms with van der Waals surface area (Å²) in [5.41, 5.74) is 0.656. The Morgan fingerprint density at radius 1 is 1.08 bits per heavy atom. The highest BCUT2D eigenvalue weighted by Crippen LogP contribution is 2.27. The zero-order chi connectivity index (χ0) is 17.7. The Hall–Kier alpha value is -2.24. The number of carbonyl (C=O) groups excluding carboxylic acids is 2. The van der Waals surface area contributed by atoms with E-state index in [0.717, 1.165) is 0 Å². The van der Waals surface area contributed by atoms with Crippen LogP contribution in [0, 0.1) is 0 Å². The van der Waals surface area contributed by atoms with E-state index in [1.54, 1.807) is 36.4 Å². The molecule has 0 saturated carbocycles. The number of ether oxygens (including phenoxy) is 2. The van der Waals surface area contributed by atoms with E-state index in [-0.39, 0.29) is 5.56 Å². The lowest BCUT2D eigenvalue weighted by Crippen LogP contribution is -2.30. The molecule has 24 heavy (non-hydrogen) atoms. The van der Waals surface area contributed by atoms with Crippen molar-refractivity contribution >= 4 is 40.8 Å². The molecule has 0 aliphatic heterocycles. The number of anilines is 1. The summed E-state index contributed by atoms with van der Waals surface area (Å²) in [5, 5.41) is 3.47. The van der Waals surface area contributed by atoms with Gasteiger partial charge in [-0.1, -0.05) is 29.3 Å². The number of halogens is 2. The van der Waals surface area contributed by atoms with E-state index in [0.29, 0.717) is 21.5 Å². The zero-order valence-electron chi connectivity index (χ0n) is 13.0. The fourth-order valence-electron chi connectivity index (χ4n) is 1.91. The van der Waals surface area contributed by atoms with Crippen LogP contribution >= 0.6 is 23.2 Å². The molecule has 2 aromatic rings. The summed E-state index contributed by atoms with van der Waals surface area (Å²) in [7, 11) is 1.47. The summed E-state index contributed by atoms with van der Waals surface area (Å²) in [6, 6.07) is 11.1. The van der Waals surface area contributed by atoms with E-state index < -0.39 is 18.0 Å². The van der Waals surface area contributed by atoms with Crippen molar-refractivity contribution in [1.82, 2.24) is 0 Å². The third-order valence-electron chi connectivity index (χ3n) is 3.13. The maximum absolute atomic E-state index is 12.2. The van der Waals surface area contributed by atoms with Crippen molar-refractivity contribution in [3.63, 3.8) is 0 Å². The number of carbonyl (C=O) groups is 2. The Morgan fingerprint density at radius 2 is 1.79 bits per heavy atom. The van der Waals surface area contributed by atoms with Gasteiger partial charge in [0.25, 0.3) is 5.91 Å². The first kappa shape index (κ1) is 18.1. The van der Waals surface area contributed by atoms with Crippen LogP contribution in [0.25, 0.3) is 0 Å². The molecule has 1 N–H and O–H groups in total. The molecule has 126 valence electrons. The molecule has 0 aliphatic rings. The predicted octanol–water partition coefficient (Wildman–Crippen LogP) is 4.19. The van der Waals surface area contributed by atoms with Crippen LogP contribution in [0.3, 0.4) is 0 Å². The van der Waals surface area contributed by atoms with Crippen LogP contribution in [0.4, 0.5) is 5.69 Å². The summed E-state index contributed by atoms with van der Waals surface area (Å²) in [6.07, 6.45) is -1.01. The van der Waals surface area contributed by atoms with Crippen LogP contribution in [0.15, 0.2) is 42.5 Å². The number of rotatable bonds is 5. The highest BCUT2D eigenvalue weighted by molar-refractivity contribution is 6.31. The molecule has 2 rings (SSSR count). The maximum Gasteiger partial charge on any atom is 0.338 e. The second-order valence-electron chi connectivity index (χ2n) is 4.89. The summed E-state index contributed by atoms with van der Waals surface area (Å²) in [5.74, 6) is -0.703. The van der Waals surface area contributed by atoms with Gasteiger partial charge < -0.3 is 14.8 Å². The maximum atomic E-state index is 12.2. The van der Waals surface area contributed by atoms with Gasteiger partial charge in [-0.3, -0.25) is 4.79 Å². The monoisotopic (exact) mass is 367 g/mol.